The summed E-state index contributed by atoms with van der Waals surface area (Å²) in [4.78, 5) is 14.2. The summed E-state index contributed by atoms with van der Waals surface area (Å²) in [5.74, 6) is -0.479. The van der Waals surface area contributed by atoms with Gasteiger partial charge in [0, 0.05) is 23.0 Å². The van der Waals surface area contributed by atoms with Gasteiger partial charge in [0.05, 0.1) is 12.0 Å². The van der Waals surface area contributed by atoms with E-state index in [-0.39, 0.29) is 13.0 Å². The van der Waals surface area contributed by atoms with Gasteiger partial charge in [0.25, 0.3) is 0 Å². The number of aromatic nitrogens is 1. The summed E-state index contributed by atoms with van der Waals surface area (Å²) in [7, 11) is 0. The van der Waals surface area contributed by atoms with Crippen LogP contribution in [0.3, 0.4) is 0 Å². The third kappa shape index (κ3) is 3.76. The average molecular weight is 348 g/mol. The lowest BCUT2D eigenvalue weighted by molar-refractivity contribution is -0.138. The molecule has 0 atom stereocenters. The van der Waals surface area contributed by atoms with Gasteiger partial charge in [-0.1, -0.05) is 30.3 Å². The monoisotopic (exact) mass is 348 g/mol. The Balaban J connectivity index is 1.87. The van der Waals surface area contributed by atoms with Crippen LogP contribution >= 0.6 is 0 Å². The van der Waals surface area contributed by atoms with Crippen LogP contribution in [0.15, 0.2) is 48.5 Å². The van der Waals surface area contributed by atoms with Crippen molar-refractivity contribution in [3.05, 3.63) is 65.2 Å². The predicted octanol–water partition coefficient (Wildman–Crippen LogP) is 4.43. The third-order valence-electron chi connectivity index (χ3n) is 3.87. The first-order valence-corrected chi connectivity index (χ1v) is 7.56. The number of alkyl halides is 3. The number of anilines is 1. The average Bonchev–Trinajstić information content (AvgIpc) is 2.90. The molecule has 0 fully saturated rings. The normalized spacial score (nSPS) is 11.6. The number of benzene rings is 2. The lowest BCUT2D eigenvalue weighted by Crippen LogP contribution is -2.08. The Bertz CT molecular complexity index is 916. The first-order chi connectivity index (χ1) is 11.8. The van der Waals surface area contributed by atoms with E-state index in [1.807, 2.05) is 12.1 Å². The largest absolute Gasteiger partial charge is 0.481 e. The fourth-order valence-corrected chi connectivity index (χ4v) is 2.73. The van der Waals surface area contributed by atoms with Gasteiger partial charge < -0.3 is 15.4 Å². The van der Waals surface area contributed by atoms with Crippen LogP contribution in [-0.4, -0.2) is 16.1 Å². The fourth-order valence-electron chi connectivity index (χ4n) is 2.73. The molecule has 0 aliphatic heterocycles. The summed E-state index contributed by atoms with van der Waals surface area (Å²) >= 11 is 0. The molecule has 2 aromatic carbocycles. The van der Waals surface area contributed by atoms with Crippen molar-refractivity contribution in [1.82, 2.24) is 4.98 Å². The summed E-state index contributed by atoms with van der Waals surface area (Å²) in [5, 5.41) is 12.9. The van der Waals surface area contributed by atoms with Crippen LogP contribution in [0, 0.1) is 0 Å². The molecule has 25 heavy (non-hydrogen) atoms. The van der Waals surface area contributed by atoms with Crippen molar-refractivity contribution in [1.29, 1.82) is 0 Å². The number of aromatic amines is 1. The number of carboxylic acid groups (broad SMARTS) is 1. The lowest BCUT2D eigenvalue weighted by atomic mass is 10.1. The van der Waals surface area contributed by atoms with E-state index in [0.29, 0.717) is 16.9 Å². The van der Waals surface area contributed by atoms with Gasteiger partial charge >= 0.3 is 12.1 Å². The van der Waals surface area contributed by atoms with Crippen LogP contribution in [-0.2, 0) is 23.9 Å². The molecular weight excluding hydrogens is 333 g/mol. The van der Waals surface area contributed by atoms with Gasteiger partial charge in [-0.05, 0) is 23.8 Å². The predicted molar refractivity (Wildman–Crippen MR) is 88.4 cm³/mol. The molecule has 0 unspecified atom stereocenters. The molecule has 0 saturated carbocycles. The SMILES string of the molecule is O=C(O)Cc1c(NCc2cccc(C(F)(F)F)c2)[nH]c2ccccc12. The van der Waals surface area contributed by atoms with Gasteiger partial charge in [0.15, 0.2) is 0 Å². The van der Waals surface area contributed by atoms with E-state index in [1.54, 1.807) is 18.2 Å². The number of rotatable bonds is 5. The lowest BCUT2D eigenvalue weighted by Gasteiger charge is -2.10. The smallest absolute Gasteiger partial charge is 0.416 e. The molecule has 0 saturated heterocycles. The second kappa shape index (κ2) is 6.51. The van der Waals surface area contributed by atoms with E-state index in [0.717, 1.165) is 23.0 Å². The molecule has 7 heteroatoms. The van der Waals surface area contributed by atoms with Gasteiger partial charge in [-0.25, -0.2) is 0 Å². The minimum Gasteiger partial charge on any atom is -0.481 e. The molecule has 0 spiro atoms. The Kier molecular flexibility index (Phi) is 4.39. The number of nitrogens with one attached hydrogen (secondary N) is 2. The molecule has 3 N–H and O–H groups in total. The molecular formula is C18H15F3N2O2. The topological polar surface area (TPSA) is 65.1 Å². The summed E-state index contributed by atoms with van der Waals surface area (Å²) in [6.07, 6.45) is -4.58. The molecule has 0 aliphatic rings. The van der Waals surface area contributed by atoms with E-state index in [4.69, 9.17) is 5.11 Å². The zero-order valence-electron chi connectivity index (χ0n) is 13.0. The summed E-state index contributed by atoms with van der Waals surface area (Å²) in [6, 6.07) is 12.3. The molecule has 4 nitrogen and oxygen atoms in total. The Morgan fingerprint density at radius 3 is 2.60 bits per heavy atom. The molecule has 3 aromatic rings. The van der Waals surface area contributed by atoms with Crippen LogP contribution in [0.4, 0.5) is 19.0 Å². The van der Waals surface area contributed by atoms with Crippen molar-refractivity contribution in [2.75, 3.05) is 5.32 Å². The van der Waals surface area contributed by atoms with Crippen molar-refractivity contribution in [2.24, 2.45) is 0 Å². The number of hydrogen-bond acceptors (Lipinski definition) is 2. The number of H-pyrrole nitrogens is 1. The maximum absolute atomic E-state index is 12.8. The van der Waals surface area contributed by atoms with E-state index in [9.17, 15) is 18.0 Å². The Morgan fingerprint density at radius 1 is 1.12 bits per heavy atom. The van der Waals surface area contributed by atoms with Gasteiger partial charge in [-0.15, -0.1) is 0 Å². The number of para-hydroxylation sites is 1. The van der Waals surface area contributed by atoms with Gasteiger partial charge in [0.2, 0.25) is 0 Å². The molecule has 130 valence electrons. The molecule has 0 bridgehead atoms. The van der Waals surface area contributed by atoms with Crippen LogP contribution in [0.5, 0.6) is 0 Å². The molecule has 0 amide bonds. The standard InChI is InChI=1S/C18H15F3N2O2/c19-18(20,21)12-5-3-4-11(8-12)10-22-17-14(9-16(24)25)13-6-1-2-7-15(13)23-17/h1-8,22-23H,9-10H2,(H,24,25). The highest BCUT2D eigenvalue weighted by Crippen LogP contribution is 2.30. The second-order valence-corrected chi connectivity index (χ2v) is 5.65. The first kappa shape index (κ1) is 16.9. The number of fused-ring (bicyclic) bond motifs is 1. The highest BCUT2D eigenvalue weighted by atomic mass is 19.4. The van der Waals surface area contributed by atoms with Crippen molar-refractivity contribution < 1.29 is 23.1 Å². The van der Waals surface area contributed by atoms with Crippen LogP contribution in [0.2, 0.25) is 0 Å². The zero-order valence-corrected chi connectivity index (χ0v) is 13.0. The van der Waals surface area contributed by atoms with Gasteiger partial charge in [-0.2, -0.15) is 13.2 Å². The van der Waals surface area contributed by atoms with E-state index < -0.39 is 17.7 Å². The minimum absolute atomic E-state index is 0.142. The van der Waals surface area contributed by atoms with E-state index >= 15 is 0 Å². The summed E-state index contributed by atoms with van der Waals surface area (Å²) < 4.78 is 38.4. The van der Waals surface area contributed by atoms with Crippen molar-refractivity contribution in [3.63, 3.8) is 0 Å². The quantitative estimate of drug-likeness (QED) is 0.639. The molecule has 1 heterocycles. The molecule has 0 aliphatic carbocycles. The maximum atomic E-state index is 12.8. The van der Waals surface area contributed by atoms with Gasteiger partial charge in [0.1, 0.15) is 5.82 Å². The zero-order chi connectivity index (χ0) is 18.0. The van der Waals surface area contributed by atoms with Gasteiger partial charge in [-0.3, -0.25) is 4.79 Å². The Morgan fingerprint density at radius 2 is 1.88 bits per heavy atom. The Hall–Kier alpha value is -2.96. The van der Waals surface area contributed by atoms with Crippen molar-refractivity contribution in [3.8, 4) is 0 Å². The number of carboxylic acids is 1. The highest BCUT2D eigenvalue weighted by molar-refractivity contribution is 5.92. The Labute approximate surface area is 141 Å². The number of carbonyl (C=O) groups is 1. The van der Waals surface area contributed by atoms with Crippen LogP contribution in [0.1, 0.15) is 16.7 Å². The maximum Gasteiger partial charge on any atom is 0.416 e. The minimum atomic E-state index is -4.40. The van der Waals surface area contributed by atoms with Crippen molar-refractivity contribution >= 4 is 22.7 Å². The number of halogens is 3. The van der Waals surface area contributed by atoms with Crippen LogP contribution in [0.25, 0.3) is 10.9 Å². The molecule has 0 radical (unpaired) electrons. The molecule has 3 rings (SSSR count). The highest BCUT2D eigenvalue weighted by Gasteiger charge is 2.30. The number of hydrogen-bond donors (Lipinski definition) is 3. The van der Waals surface area contributed by atoms with E-state index in [2.05, 4.69) is 10.3 Å². The summed E-state index contributed by atoms with van der Waals surface area (Å²) in [6.45, 7) is 0.142. The van der Waals surface area contributed by atoms with E-state index in [1.165, 1.54) is 6.07 Å². The van der Waals surface area contributed by atoms with Crippen molar-refractivity contribution in [2.45, 2.75) is 19.1 Å². The third-order valence-corrected chi connectivity index (χ3v) is 3.87. The fraction of sp³-hybridized carbons (Fsp3) is 0.167. The second-order valence-electron chi connectivity index (χ2n) is 5.65. The first-order valence-electron chi connectivity index (χ1n) is 7.56. The number of aliphatic carboxylic acids is 1. The van der Waals surface area contributed by atoms with Crippen LogP contribution < -0.4 is 5.32 Å². The molecule has 1 aromatic heterocycles. The summed E-state index contributed by atoms with van der Waals surface area (Å²) in [5.41, 5.74) is 1.09.